The molecular weight excluding hydrogens is 266 g/mol. The maximum absolute atomic E-state index is 11.9. The zero-order valence-electron chi connectivity index (χ0n) is 11.9. The second-order valence-corrected chi connectivity index (χ2v) is 4.49. The Bertz CT molecular complexity index is 423. The van der Waals surface area contributed by atoms with Crippen LogP contribution >= 0.6 is 0 Å². The average Bonchev–Trinajstić information content (AvgIpc) is 2.63. The summed E-state index contributed by atoms with van der Waals surface area (Å²) in [6.07, 6.45) is 0.0812. The third kappa shape index (κ3) is 3.94. The molecule has 0 bridgehead atoms. The third-order valence-corrected chi connectivity index (χ3v) is 2.91. The lowest BCUT2D eigenvalue weighted by Crippen LogP contribution is -2.42. The molecule has 112 valence electrons. The monoisotopic (exact) mass is 285 g/mol. The van der Waals surface area contributed by atoms with Crippen molar-refractivity contribution in [3.63, 3.8) is 0 Å². The molecule has 0 spiro atoms. The fourth-order valence-corrected chi connectivity index (χ4v) is 1.70. The van der Waals surface area contributed by atoms with Gasteiger partial charge in [-0.3, -0.25) is 19.3 Å². The molecule has 1 rings (SSSR count). The molecule has 1 fully saturated rings. The van der Waals surface area contributed by atoms with Gasteiger partial charge < -0.3 is 14.5 Å². The van der Waals surface area contributed by atoms with Gasteiger partial charge in [0.1, 0.15) is 13.1 Å². The second kappa shape index (κ2) is 6.88. The highest BCUT2D eigenvalue weighted by Crippen LogP contribution is 2.08. The van der Waals surface area contributed by atoms with Crippen molar-refractivity contribution >= 4 is 23.8 Å². The molecule has 8 heteroatoms. The summed E-state index contributed by atoms with van der Waals surface area (Å²) in [4.78, 5) is 49.6. The maximum Gasteiger partial charge on any atom is 0.327 e. The van der Waals surface area contributed by atoms with Crippen LogP contribution in [0.25, 0.3) is 0 Å². The van der Waals surface area contributed by atoms with Gasteiger partial charge in [-0.1, -0.05) is 0 Å². The first-order valence-electron chi connectivity index (χ1n) is 6.31. The summed E-state index contributed by atoms with van der Waals surface area (Å²) in [5.74, 6) is -1.18. The summed E-state index contributed by atoms with van der Waals surface area (Å²) >= 11 is 0. The molecule has 4 amide bonds. The molecule has 0 saturated carbocycles. The Kier molecular flexibility index (Phi) is 5.48. The summed E-state index contributed by atoms with van der Waals surface area (Å²) in [7, 11) is 3.01. The second-order valence-electron chi connectivity index (χ2n) is 4.49. The Balaban J connectivity index is 2.44. The highest BCUT2D eigenvalue weighted by atomic mass is 16.5. The summed E-state index contributed by atoms with van der Waals surface area (Å²) in [6, 6.07) is -0.484. The predicted octanol–water partition coefficient (Wildman–Crippen LogP) is -0.708. The fourth-order valence-electron chi connectivity index (χ4n) is 1.70. The topological polar surface area (TPSA) is 87.2 Å². The van der Waals surface area contributed by atoms with E-state index in [0.29, 0.717) is 6.61 Å². The predicted molar refractivity (Wildman–Crippen MR) is 68.6 cm³/mol. The lowest BCUT2D eigenvalue weighted by molar-refractivity contribution is -0.144. The maximum atomic E-state index is 11.9. The minimum Gasteiger partial charge on any atom is -0.466 e. The fraction of sp³-hybridized carbons (Fsp3) is 0.667. The van der Waals surface area contributed by atoms with Gasteiger partial charge in [-0.15, -0.1) is 0 Å². The van der Waals surface area contributed by atoms with Gasteiger partial charge in [-0.05, 0) is 6.92 Å². The smallest absolute Gasteiger partial charge is 0.327 e. The van der Waals surface area contributed by atoms with Crippen LogP contribution in [0.4, 0.5) is 4.79 Å². The van der Waals surface area contributed by atoms with Gasteiger partial charge in [0.05, 0.1) is 13.0 Å². The Morgan fingerprint density at radius 1 is 1.35 bits per heavy atom. The summed E-state index contributed by atoms with van der Waals surface area (Å²) < 4.78 is 4.75. The van der Waals surface area contributed by atoms with Gasteiger partial charge in [0, 0.05) is 20.6 Å². The molecule has 1 aliphatic heterocycles. The summed E-state index contributed by atoms with van der Waals surface area (Å²) in [6.45, 7) is 1.86. The van der Waals surface area contributed by atoms with Crippen molar-refractivity contribution in [2.75, 3.05) is 40.3 Å². The van der Waals surface area contributed by atoms with E-state index in [1.54, 1.807) is 6.92 Å². The molecule has 20 heavy (non-hydrogen) atoms. The molecule has 0 aromatic rings. The van der Waals surface area contributed by atoms with E-state index in [-0.39, 0.29) is 32.0 Å². The van der Waals surface area contributed by atoms with Crippen LogP contribution in [-0.4, -0.2) is 78.9 Å². The molecule has 1 aliphatic rings. The van der Waals surface area contributed by atoms with Crippen molar-refractivity contribution in [2.45, 2.75) is 13.3 Å². The Hall–Kier alpha value is -2.12. The van der Waals surface area contributed by atoms with Crippen LogP contribution in [-0.2, 0) is 19.1 Å². The minimum atomic E-state index is -0.484. The zero-order chi connectivity index (χ0) is 15.3. The van der Waals surface area contributed by atoms with Gasteiger partial charge >= 0.3 is 12.0 Å². The number of carbonyl (C=O) groups is 4. The molecule has 0 aromatic carbocycles. The molecule has 1 saturated heterocycles. The third-order valence-electron chi connectivity index (χ3n) is 2.91. The van der Waals surface area contributed by atoms with E-state index in [2.05, 4.69) is 0 Å². The number of imide groups is 1. The van der Waals surface area contributed by atoms with Crippen molar-refractivity contribution in [2.24, 2.45) is 0 Å². The van der Waals surface area contributed by atoms with E-state index in [1.807, 2.05) is 0 Å². The zero-order valence-corrected chi connectivity index (χ0v) is 11.9. The van der Waals surface area contributed by atoms with Crippen molar-refractivity contribution in [3.8, 4) is 0 Å². The Labute approximate surface area is 117 Å². The molecule has 1 heterocycles. The van der Waals surface area contributed by atoms with E-state index in [4.69, 9.17) is 4.74 Å². The largest absolute Gasteiger partial charge is 0.466 e. The van der Waals surface area contributed by atoms with Gasteiger partial charge in [0.2, 0.25) is 5.91 Å². The molecule has 0 N–H and O–H groups in total. The highest BCUT2D eigenvalue weighted by Gasteiger charge is 2.35. The average molecular weight is 285 g/mol. The molecule has 0 radical (unpaired) electrons. The number of hydrogen-bond acceptors (Lipinski definition) is 5. The van der Waals surface area contributed by atoms with E-state index >= 15 is 0 Å². The first kappa shape index (κ1) is 15.9. The standard InChI is InChI=1S/C12H19N3O5/c1-4-20-11(18)5-6-13(2)9(16)8-15-10(17)7-14(3)12(15)19/h4-8H2,1-3H3. The number of esters is 1. The van der Waals surface area contributed by atoms with Crippen LogP contribution in [0.3, 0.4) is 0 Å². The van der Waals surface area contributed by atoms with Gasteiger partial charge in [0.25, 0.3) is 5.91 Å². The normalized spacial score (nSPS) is 14.8. The Morgan fingerprint density at radius 3 is 2.50 bits per heavy atom. The van der Waals surface area contributed by atoms with E-state index in [0.717, 1.165) is 4.90 Å². The number of rotatable bonds is 6. The molecule has 0 atom stereocenters. The summed E-state index contributed by atoms with van der Waals surface area (Å²) in [5.41, 5.74) is 0. The van der Waals surface area contributed by atoms with Crippen LogP contribution in [0.1, 0.15) is 13.3 Å². The van der Waals surface area contributed by atoms with E-state index in [9.17, 15) is 19.2 Å². The van der Waals surface area contributed by atoms with Crippen LogP contribution in [0, 0.1) is 0 Å². The number of likely N-dealkylation sites (N-methyl/N-ethyl adjacent to an activating group) is 2. The van der Waals surface area contributed by atoms with Crippen molar-refractivity contribution in [3.05, 3.63) is 0 Å². The van der Waals surface area contributed by atoms with Crippen molar-refractivity contribution in [1.29, 1.82) is 0 Å². The first-order valence-corrected chi connectivity index (χ1v) is 6.31. The molecular formula is C12H19N3O5. The SMILES string of the molecule is CCOC(=O)CCN(C)C(=O)CN1C(=O)CN(C)C1=O. The van der Waals surface area contributed by atoms with Crippen LogP contribution in [0.15, 0.2) is 0 Å². The molecule has 8 nitrogen and oxygen atoms in total. The molecule has 0 unspecified atom stereocenters. The van der Waals surface area contributed by atoms with E-state index < -0.39 is 17.8 Å². The summed E-state index contributed by atoms with van der Waals surface area (Å²) in [5, 5.41) is 0. The number of amides is 4. The Morgan fingerprint density at radius 2 is 2.00 bits per heavy atom. The van der Waals surface area contributed by atoms with Gasteiger partial charge in [-0.25, -0.2) is 4.79 Å². The van der Waals surface area contributed by atoms with Crippen molar-refractivity contribution in [1.82, 2.24) is 14.7 Å². The first-order chi connectivity index (χ1) is 9.36. The van der Waals surface area contributed by atoms with Crippen LogP contribution in [0.2, 0.25) is 0 Å². The number of hydrogen-bond donors (Lipinski definition) is 0. The minimum absolute atomic E-state index is 0.0152. The quantitative estimate of drug-likeness (QED) is 0.475. The van der Waals surface area contributed by atoms with Crippen LogP contribution < -0.4 is 0 Å². The number of nitrogens with zero attached hydrogens (tertiary/aromatic N) is 3. The van der Waals surface area contributed by atoms with Crippen LogP contribution in [0.5, 0.6) is 0 Å². The molecule has 0 aromatic heterocycles. The lowest BCUT2D eigenvalue weighted by atomic mass is 10.3. The molecule has 0 aliphatic carbocycles. The van der Waals surface area contributed by atoms with E-state index in [1.165, 1.54) is 23.9 Å². The highest BCUT2D eigenvalue weighted by molar-refractivity contribution is 6.04. The number of ether oxygens (including phenoxy) is 1. The number of urea groups is 1. The lowest BCUT2D eigenvalue weighted by Gasteiger charge is -2.20. The number of carbonyl (C=O) groups excluding carboxylic acids is 4. The van der Waals surface area contributed by atoms with Crippen molar-refractivity contribution < 1.29 is 23.9 Å². The van der Waals surface area contributed by atoms with Gasteiger partial charge in [-0.2, -0.15) is 0 Å². The van der Waals surface area contributed by atoms with Gasteiger partial charge in [0.15, 0.2) is 0 Å².